The molecule has 0 heterocycles. The second-order valence-electron chi connectivity index (χ2n) is 5.16. The van der Waals surface area contributed by atoms with Crippen LogP contribution in [-0.4, -0.2) is 19.1 Å². The lowest BCUT2D eigenvalue weighted by Crippen LogP contribution is -2.25. The topological polar surface area (TPSA) is 38.3 Å². The molecule has 0 aliphatic rings. The van der Waals surface area contributed by atoms with Crippen LogP contribution < -0.4 is 5.32 Å². The number of amides is 1. The van der Waals surface area contributed by atoms with Crippen LogP contribution in [0.15, 0.2) is 48.5 Å². The molecule has 0 bridgehead atoms. The second kappa shape index (κ2) is 8.92. The molecule has 0 fully saturated rings. The zero-order valence-electron chi connectivity index (χ0n) is 12.9. The summed E-state index contributed by atoms with van der Waals surface area (Å²) in [5, 5.41) is 3.69. The fourth-order valence-corrected chi connectivity index (χ4v) is 2.62. The molecule has 0 aromatic heterocycles. The summed E-state index contributed by atoms with van der Waals surface area (Å²) < 4.78 is 5.76. The van der Waals surface area contributed by atoms with E-state index in [0.717, 1.165) is 12.0 Å². The van der Waals surface area contributed by atoms with E-state index in [1.807, 2.05) is 37.3 Å². The van der Waals surface area contributed by atoms with Crippen LogP contribution >= 0.6 is 23.2 Å². The number of nitrogens with one attached hydrogen (secondary N) is 1. The van der Waals surface area contributed by atoms with E-state index in [4.69, 9.17) is 27.9 Å². The Balaban J connectivity index is 1.70. The number of hydrogen-bond acceptors (Lipinski definition) is 2. The lowest BCUT2D eigenvalue weighted by Gasteiger charge is -2.13. The van der Waals surface area contributed by atoms with Gasteiger partial charge in [0, 0.05) is 18.2 Å². The summed E-state index contributed by atoms with van der Waals surface area (Å²) in [7, 11) is 0. The molecule has 0 radical (unpaired) electrons. The highest BCUT2D eigenvalue weighted by Gasteiger charge is 2.10. The van der Waals surface area contributed by atoms with Gasteiger partial charge < -0.3 is 10.1 Å². The maximum atomic E-state index is 12.0. The highest BCUT2D eigenvalue weighted by Crippen LogP contribution is 2.20. The first-order valence-corrected chi connectivity index (χ1v) is 8.23. The van der Waals surface area contributed by atoms with Crippen molar-refractivity contribution in [2.75, 3.05) is 13.2 Å². The van der Waals surface area contributed by atoms with Crippen LogP contribution in [0.1, 0.15) is 35.4 Å². The molecule has 23 heavy (non-hydrogen) atoms. The molecule has 1 N–H and O–H groups in total. The number of benzene rings is 2. The molecule has 5 heteroatoms. The predicted octanol–water partition coefficient (Wildman–Crippen LogP) is 4.89. The van der Waals surface area contributed by atoms with Gasteiger partial charge in [0.25, 0.3) is 5.91 Å². The fourth-order valence-electron chi connectivity index (χ4n) is 2.12. The monoisotopic (exact) mass is 351 g/mol. The van der Waals surface area contributed by atoms with Gasteiger partial charge in [0.15, 0.2) is 0 Å². The summed E-state index contributed by atoms with van der Waals surface area (Å²) >= 11 is 11.8. The molecule has 1 atom stereocenters. The molecule has 2 aromatic rings. The van der Waals surface area contributed by atoms with E-state index in [-0.39, 0.29) is 12.0 Å². The molecular formula is C18H19Cl2NO2. The lowest BCUT2D eigenvalue weighted by molar-refractivity contribution is 0.0635. The summed E-state index contributed by atoms with van der Waals surface area (Å²) in [5.74, 6) is -0.206. The quantitative estimate of drug-likeness (QED) is 0.721. The molecule has 0 spiro atoms. The second-order valence-corrected chi connectivity index (χ2v) is 6.00. The predicted molar refractivity (Wildman–Crippen MR) is 94.2 cm³/mol. The van der Waals surface area contributed by atoms with E-state index in [0.29, 0.717) is 28.8 Å². The van der Waals surface area contributed by atoms with Gasteiger partial charge in [-0.1, -0.05) is 53.5 Å². The molecule has 2 rings (SSSR count). The molecular weight excluding hydrogens is 333 g/mol. The van der Waals surface area contributed by atoms with E-state index in [9.17, 15) is 4.79 Å². The molecule has 1 amide bonds. The van der Waals surface area contributed by atoms with Crippen molar-refractivity contribution in [1.82, 2.24) is 5.32 Å². The van der Waals surface area contributed by atoms with E-state index < -0.39 is 0 Å². The Bertz CT molecular complexity index is 647. The first-order chi connectivity index (χ1) is 11.1. The van der Waals surface area contributed by atoms with Crippen LogP contribution in [0.4, 0.5) is 0 Å². The summed E-state index contributed by atoms with van der Waals surface area (Å²) in [6.45, 7) is 3.12. The van der Waals surface area contributed by atoms with Crippen LogP contribution in [0.2, 0.25) is 10.0 Å². The highest BCUT2D eigenvalue weighted by molar-refractivity contribution is 6.36. The van der Waals surface area contributed by atoms with Crippen LogP contribution in [0.5, 0.6) is 0 Å². The van der Waals surface area contributed by atoms with Gasteiger partial charge in [-0.25, -0.2) is 0 Å². The molecule has 0 aliphatic heterocycles. The minimum absolute atomic E-state index is 0.0395. The molecule has 122 valence electrons. The van der Waals surface area contributed by atoms with Crippen LogP contribution in [0.25, 0.3) is 0 Å². The summed E-state index contributed by atoms with van der Waals surface area (Å²) in [6.07, 6.45) is 0.770. The fraction of sp³-hybridized carbons (Fsp3) is 0.278. The largest absolute Gasteiger partial charge is 0.374 e. The van der Waals surface area contributed by atoms with E-state index in [1.165, 1.54) is 0 Å². The number of rotatable bonds is 7. The van der Waals surface area contributed by atoms with Crippen molar-refractivity contribution in [1.29, 1.82) is 0 Å². The smallest absolute Gasteiger partial charge is 0.252 e. The van der Waals surface area contributed by atoms with Crippen molar-refractivity contribution in [2.24, 2.45) is 0 Å². The Hall–Kier alpha value is -1.55. The van der Waals surface area contributed by atoms with E-state index >= 15 is 0 Å². The van der Waals surface area contributed by atoms with Gasteiger partial charge in [0.2, 0.25) is 0 Å². The number of halogens is 2. The molecule has 0 aliphatic carbocycles. The first-order valence-electron chi connectivity index (χ1n) is 7.47. The van der Waals surface area contributed by atoms with Crippen molar-refractivity contribution in [2.45, 2.75) is 19.4 Å². The lowest BCUT2D eigenvalue weighted by atomic mass is 10.1. The van der Waals surface area contributed by atoms with Crippen molar-refractivity contribution < 1.29 is 9.53 Å². The summed E-state index contributed by atoms with van der Waals surface area (Å²) in [5.41, 5.74) is 1.57. The third-order valence-electron chi connectivity index (χ3n) is 3.42. The van der Waals surface area contributed by atoms with Crippen molar-refractivity contribution in [3.8, 4) is 0 Å². The minimum Gasteiger partial charge on any atom is -0.374 e. The normalized spacial score (nSPS) is 12.0. The molecule has 0 saturated carbocycles. The van der Waals surface area contributed by atoms with Crippen LogP contribution in [0, 0.1) is 0 Å². The summed E-state index contributed by atoms with van der Waals surface area (Å²) in [6, 6.07) is 14.9. The minimum atomic E-state index is -0.206. The third-order valence-corrected chi connectivity index (χ3v) is 3.97. The maximum absolute atomic E-state index is 12.0. The number of carbonyl (C=O) groups is 1. The van der Waals surface area contributed by atoms with E-state index in [1.54, 1.807) is 18.2 Å². The van der Waals surface area contributed by atoms with Gasteiger partial charge in [-0.2, -0.15) is 0 Å². The number of ether oxygens (including phenoxy) is 1. The standard InChI is InChI=1S/C18H19Cl2NO2/c1-13(14-6-3-2-4-7-14)23-11-5-10-21-18(22)16-9-8-15(19)12-17(16)20/h2-4,6-9,12-13H,5,10-11H2,1H3,(H,21,22)/t13-/m0/s1. The van der Waals surface area contributed by atoms with Gasteiger partial charge in [0.05, 0.1) is 16.7 Å². The Morgan fingerprint density at radius 2 is 1.91 bits per heavy atom. The highest BCUT2D eigenvalue weighted by atomic mass is 35.5. The van der Waals surface area contributed by atoms with Gasteiger partial charge in [0.1, 0.15) is 0 Å². The zero-order chi connectivity index (χ0) is 16.7. The van der Waals surface area contributed by atoms with Crippen LogP contribution in [0.3, 0.4) is 0 Å². The van der Waals surface area contributed by atoms with Crippen molar-refractivity contribution in [3.05, 3.63) is 69.7 Å². The summed E-state index contributed by atoms with van der Waals surface area (Å²) in [4.78, 5) is 12.0. The van der Waals surface area contributed by atoms with Gasteiger partial charge in [-0.15, -0.1) is 0 Å². The molecule has 2 aromatic carbocycles. The Labute approximate surface area is 146 Å². The molecule has 0 saturated heterocycles. The Morgan fingerprint density at radius 3 is 2.61 bits per heavy atom. The average Bonchev–Trinajstić information content (AvgIpc) is 2.55. The van der Waals surface area contributed by atoms with E-state index in [2.05, 4.69) is 5.32 Å². The van der Waals surface area contributed by atoms with Crippen LogP contribution in [-0.2, 0) is 4.74 Å². The Kier molecular flexibility index (Phi) is 6.90. The number of hydrogen-bond donors (Lipinski definition) is 1. The third kappa shape index (κ3) is 5.54. The zero-order valence-corrected chi connectivity index (χ0v) is 14.4. The van der Waals surface area contributed by atoms with Gasteiger partial charge >= 0.3 is 0 Å². The SMILES string of the molecule is C[C@H](OCCCNC(=O)c1ccc(Cl)cc1Cl)c1ccccc1. The van der Waals surface area contributed by atoms with Gasteiger partial charge in [-0.3, -0.25) is 4.79 Å². The van der Waals surface area contributed by atoms with Crippen molar-refractivity contribution in [3.63, 3.8) is 0 Å². The average molecular weight is 352 g/mol. The maximum Gasteiger partial charge on any atom is 0.252 e. The molecule has 3 nitrogen and oxygen atoms in total. The molecule has 0 unspecified atom stereocenters. The first kappa shape index (κ1) is 17.8. The Morgan fingerprint density at radius 1 is 1.17 bits per heavy atom. The van der Waals surface area contributed by atoms with Crippen molar-refractivity contribution >= 4 is 29.1 Å². The number of carbonyl (C=O) groups excluding carboxylic acids is 1. The van der Waals surface area contributed by atoms with Gasteiger partial charge in [-0.05, 0) is 37.1 Å².